The summed E-state index contributed by atoms with van der Waals surface area (Å²) in [5, 5.41) is 0. The molecule has 0 spiro atoms. The monoisotopic (exact) mass is 244 g/mol. The lowest BCUT2D eigenvalue weighted by Gasteiger charge is -2.08. The minimum Gasteiger partial charge on any atom is -0.495 e. The number of nitrogens with zero attached hydrogens (tertiary/aromatic N) is 1. The quantitative estimate of drug-likeness (QED) is 0.884. The van der Waals surface area contributed by atoms with Crippen LogP contribution in [0.25, 0.3) is 0 Å². The van der Waals surface area contributed by atoms with E-state index < -0.39 is 11.0 Å². The summed E-state index contributed by atoms with van der Waals surface area (Å²) in [6.07, 6.45) is 4.06. The molecule has 1 unspecified atom stereocenters. The van der Waals surface area contributed by atoms with Gasteiger partial charge in [0.05, 0.1) is 13.3 Å². The molecule has 1 aromatic rings. The molecule has 0 aliphatic heterocycles. The Morgan fingerprint density at radius 2 is 2.12 bits per heavy atom. The summed E-state index contributed by atoms with van der Waals surface area (Å²) in [5.41, 5.74) is 1.05. The maximum Gasteiger partial charge on any atom is 0.140 e. The van der Waals surface area contributed by atoms with Gasteiger partial charge in [0.15, 0.2) is 0 Å². The second kappa shape index (κ2) is 8.10. The van der Waals surface area contributed by atoms with Crippen LogP contribution in [0, 0.1) is 0 Å². The third kappa shape index (κ3) is 4.61. The van der Waals surface area contributed by atoms with Gasteiger partial charge in [-0.3, -0.25) is 4.72 Å². The molecule has 0 saturated heterocycles. The number of anilines is 1. The van der Waals surface area contributed by atoms with E-state index in [9.17, 15) is 4.21 Å². The highest BCUT2D eigenvalue weighted by molar-refractivity contribution is 7.85. The van der Waals surface area contributed by atoms with Crippen LogP contribution in [0.15, 0.2) is 12.3 Å². The summed E-state index contributed by atoms with van der Waals surface area (Å²) in [6.45, 7) is 6.03. The highest BCUT2D eigenvalue weighted by Crippen LogP contribution is 2.20. The van der Waals surface area contributed by atoms with Crippen LogP contribution in [-0.2, 0) is 17.4 Å². The van der Waals surface area contributed by atoms with Crippen molar-refractivity contribution in [3.63, 3.8) is 0 Å². The number of aryl methyl sites for hydroxylation is 1. The van der Waals surface area contributed by atoms with E-state index >= 15 is 0 Å². The van der Waals surface area contributed by atoms with Gasteiger partial charge >= 0.3 is 0 Å². The average Bonchev–Trinajstić information content (AvgIpc) is 2.30. The van der Waals surface area contributed by atoms with E-state index in [0.717, 1.165) is 17.7 Å². The Morgan fingerprint density at radius 1 is 1.50 bits per heavy atom. The molecule has 0 aromatic carbocycles. The van der Waals surface area contributed by atoms with Crippen molar-refractivity contribution in [3.8, 4) is 5.75 Å². The fourth-order valence-electron chi connectivity index (χ4n) is 1.15. The minimum absolute atomic E-state index is 0.614. The molecule has 1 rings (SSSR count). The van der Waals surface area contributed by atoms with Crippen LogP contribution in [0.3, 0.4) is 0 Å². The van der Waals surface area contributed by atoms with Crippen LogP contribution in [-0.4, -0.2) is 22.6 Å². The Bertz CT molecular complexity index is 343. The smallest absolute Gasteiger partial charge is 0.140 e. The van der Waals surface area contributed by atoms with Crippen LogP contribution in [0.5, 0.6) is 5.75 Å². The Morgan fingerprint density at radius 3 is 2.56 bits per heavy atom. The number of hydrogen-bond donors (Lipinski definition) is 1. The number of hydrogen-bond acceptors (Lipinski definition) is 3. The lowest BCUT2D eigenvalue weighted by Crippen LogP contribution is -2.04. The summed E-state index contributed by atoms with van der Waals surface area (Å²) in [5.74, 6) is 1.38. The van der Waals surface area contributed by atoms with Crippen LogP contribution in [0.4, 0.5) is 5.82 Å². The minimum atomic E-state index is -1.09. The highest BCUT2D eigenvalue weighted by Gasteiger charge is 2.03. The van der Waals surface area contributed by atoms with Crippen molar-refractivity contribution in [3.05, 3.63) is 17.8 Å². The molecule has 1 N–H and O–H groups in total. The van der Waals surface area contributed by atoms with Crippen LogP contribution >= 0.6 is 0 Å². The van der Waals surface area contributed by atoms with Gasteiger partial charge in [-0.15, -0.1) is 0 Å². The van der Waals surface area contributed by atoms with E-state index in [1.165, 1.54) is 0 Å². The predicted octanol–water partition coefficient (Wildman–Crippen LogP) is 2.38. The first-order chi connectivity index (χ1) is 7.67. The summed E-state index contributed by atoms with van der Waals surface area (Å²) >= 11 is 0. The van der Waals surface area contributed by atoms with Gasteiger partial charge in [0.2, 0.25) is 0 Å². The Kier molecular flexibility index (Phi) is 7.54. The summed E-state index contributed by atoms with van der Waals surface area (Å²) < 4.78 is 18.8. The van der Waals surface area contributed by atoms with E-state index in [1.807, 2.05) is 26.8 Å². The standard InChI is InChI=1S/C9H14N2O2S.C2H6/c1-4-7-5-9(11-14(3)12)10-6-8(7)13-2;1-2/h5-6H,4H2,1-3H3,(H,10,11);1-2H3. The largest absolute Gasteiger partial charge is 0.495 e. The summed E-state index contributed by atoms with van der Waals surface area (Å²) in [7, 11) is 0.524. The molecular weight excluding hydrogens is 224 g/mol. The van der Waals surface area contributed by atoms with E-state index in [4.69, 9.17) is 4.74 Å². The molecule has 0 saturated carbocycles. The molecule has 1 heterocycles. The summed E-state index contributed by atoms with van der Waals surface area (Å²) in [6, 6.07) is 1.85. The van der Waals surface area contributed by atoms with E-state index in [1.54, 1.807) is 19.6 Å². The highest BCUT2D eigenvalue weighted by atomic mass is 32.2. The molecular formula is C11H20N2O2S. The number of nitrogens with one attached hydrogen (secondary N) is 1. The van der Waals surface area contributed by atoms with E-state index in [2.05, 4.69) is 9.71 Å². The number of methoxy groups -OCH3 is 1. The van der Waals surface area contributed by atoms with Crippen molar-refractivity contribution in [1.82, 2.24) is 4.98 Å². The Labute approximate surface area is 100 Å². The number of rotatable bonds is 4. The molecule has 0 amide bonds. The molecule has 16 heavy (non-hydrogen) atoms. The first-order valence-corrected chi connectivity index (χ1v) is 6.86. The molecule has 0 aliphatic rings. The number of ether oxygens (including phenoxy) is 1. The van der Waals surface area contributed by atoms with Gasteiger partial charge in [-0.1, -0.05) is 20.8 Å². The predicted molar refractivity (Wildman–Crippen MR) is 69.2 cm³/mol. The molecule has 0 fully saturated rings. The molecule has 0 aliphatic carbocycles. The normalized spacial score (nSPS) is 11.1. The van der Waals surface area contributed by atoms with E-state index in [0.29, 0.717) is 5.82 Å². The molecule has 4 nitrogen and oxygen atoms in total. The first kappa shape index (κ1) is 14.9. The molecule has 1 atom stereocenters. The van der Waals surface area contributed by atoms with Gasteiger partial charge < -0.3 is 4.74 Å². The van der Waals surface area contributed by atoms with Crippen LogP contribution < -0.4 is 9.46 Å². The van der Waals surface area contributed by atoms with Crippen molar-refractivity contribution in [1.29, 1.82) is 0 Å². The van der Waals surface area contributed by atoms with Crippen molar-refractivity contribution >= 4 is 16.8 Å². The van der Waals surface area contributed by atoms with E-state index in [-0.39, 0.29) is 0 Å². The SMILES string of the molecule is CC.CCc1cc(NS(C)=O)ncc1OC. The molecule has 0 bridgehead atoms. The fourth-order valence-corrected chi connectivity index (χ4v) is 1.55. The number of aromatic nitrogens is 1. The molecule has 5 heteroatoms. The zero-order valence-corrected chi connectivity index (χ0v) is 11.4. The van der Waals surface area contributed by atoms with Crippen molar-refractivity contribution in [2.45, 2.75) is 27.2 Å². The zero-order chi connectivity index (χ0) is 12.6. The van der Waals surface area contributed by atoms with Crippen molar-refractivity contribution in [2.75, 3.05) is 18.1 Å². The number of pyridine rings is 1. The lowest BCUT2D eigenvalue weighted by atomic mass is 10.2. The first-order valence-electron chi connectivity index (χ1n) is 5.30. The topological polar surface area (TPSA) is 51.2 Å². The summed E-state index contributed by atoms with van der Waals surface area (Å²) in [4.78, 5) is 4.07. The lowest BCUT2D eigenvalue weighted by molar-refractivity contribution is 0.408. The second-order valence-electron chi connectivity index (χ2n) is 2.79. The van der Waals surface area contributed by atoms with Crippen LogP contribution in [0.2, 0.25) is 0 Å². The van der Waals surface area contributed by atoms with Gasteiger partial charge in [0.1, 0.15) is 22.6 Å². The molecule has 92 valence electrons. The van der Waals surface area contributed by atoms with Crippen LogP contribution in [0.1, 0.15) is 26.3 Å². The fraction of sp³-hybridized carbons (Fsp3) is 0.545. The maximum atomic E-state index is 10.9. The third-order valence-corrected chi connectivity index (χ3v) is 2.29. The van der Waals surface area contributed by atoms with Gasteiger partial charge in [-0.25, -0.2) is 9.19 Å². The van der Waals surface area contributed by atoms with Gasteiger partial charge in [-0.05, 0) is 18.1 Å². The van der Waals surface area contributed by atoms with Gasteiger partial charge in [-0.2, -0.15) is 0 Å². The second-order valence-corrected chi connectivity index (χ2v) is 3.90. The molecule has 0 radical (unpaired) electrons. The van der Waals surface area contributed by atoms with Crippen molar-refractivity contribution < 1.29 is 8.95 Å². The maximum absolute atomic E-state index is 10.9. The Hall–Kier alpha value is -1.10. The third-order valence-electron chi connectivity index (χ3n) is 1.80. The molecule has 1 aromatic heterocycles. The average molecular weight is 244 g/mol. The van der Waals surface area contributed by atoms with Gasteiger partial charge in [0, 0.05) is 6.26 Å². The Balaban J connectivity index is 0.00000106. The van der Waals surface area contributed by atoms with Gasteiger partial charge in [0.25, 0.3) is 0 Å². The van der Waals surface area contributed by atoms with Crippen molar-refractivity contribution in [2.24, 2.45) is 0 Å². The zero-order valence-electron chi connectivity index (χ0n) is 10.5.